The third-order valence-electron chi connectivity index (χ3n) is 4.47. The Morgan fingerprint density at radius 1 is 0.727 bits per heavy atom. The molecule has 0 aliphatic carbocycles. The van der Waals surface area contributed by atoms with Gasteiger partial charge < -0.3 is 5.73 Å². The summed E-state index contributed by atoms with van der Waals surface area (Å²) in [4.78, 5) is 10.9. The zero-order valence-corrected chi connectivity index (χ0v) is 17.2. The summed E-state index contributed by atoms with van der Waals surface area (Å²) in [5, 5.41) is 0. The Bertz CT molecular complexity index is 1250. The first-order valence-corrected chi connectivity index (χ1v) is 10.4. The van der Waals surface area contributed by atoms with Gasteiger partial charge in [-0.1, -0.05) is 18.2 Å². The summed E-state index contributed by atoms with van der Waals surface area (Å²) in [5.74, 6) is -0.975. The van der Waals surface area contributed by atoms with E-state index in [1.807, 2.05) is 0 Å². The number of benzene rings is 3. The van der Waals surface area contributed by atoms with E-state index in [0.717, 1.165) is 36.4 Å². The number of hydrogen-bond acceptors (Lipinski definition) is 3. The smallest absolute Gasteiger partial charge is 0.366 e. The molecule has 0 fully saturated rings. The van der Waals surface area contributed by atoms with Crippen molar-refractivity contribution in [1.29, 1.82) is 0 Å². The van der Waals surface area contributed by atoms with Crippen molar-refractivity contribution in [3.05, 3.63) is 89.5 Å². The van der Waals surface area contributed by atoms with Crippen molar-refractivity contribution < 1.29 is 39.6 Å². The Balaban J connectivity index is 2.29. The van der Waals surface area contributed by atoms with E-state index in [-0.39, 0.29) is 5.56 Å². The summed E-state index contributed by atoms with van der Waals surface area (Å²) in [6.45, 7) is 0. The Morgan fingerprint density at radius 3 is 1.61 bits per heavy atom. The lowest BCUT2D eigenvalue weighted by Gasteiger charge is -2.26. The number of carbonyl (C=O) groups is 1. The van der Waals surface area contributed by atoms with E-state index in [0.29, 0.717) is 28.6 Å². The molecule has 12 heteroatoms. The fourth-order valence-electron chi connectivity index (χ4n) is 2.96. The fourth-order valence-corrected chi connectivity index (χ4v) is 4.48. The molecule has 0 aliphatic rings. The van der Waals surface area contributed by atoms with Gasteiger partial charge in [-0.3, -0.25) is 4.79 Å². The largest absolute Gasteiger partial charge is 0.416 e. The molecule has 3 rings (SSSR count). The molecule has 2 N–H and O–H groups in total. The maximum absolute atomic E-state index is 13.4. The predicted molar refractivity (Wildman–Crippen MR) is 107 cm³/mol. The van der Waals surface area contributed by atoms with Crippen molar-refractivity contribution in [2.45, 2.75) is 17.2 Å². The number of nitrogens with zero attached hydrogens (tertiary/aromatic N) is 1. The van der Waals surface area contributed by atoms with Crippen molar-refractivity contribution in [3.8, 4) is 0 Å². The van der Waals surface area contributed by atoms with Crippen molar-refractivity contribution in [3.63, 3.8) is 0 Å². The van der Waals surface area contributed by atoms with Crippen molar-refractivity contribution in [2.24, 2.45) is 5.73 Å². The molecule has 5 nitrogen and oxygen atoms in total. The van der Waals surface area contributed by atoms with E-state index in [4.69, 9.17) is 5.73 Å². The average molecular weight is 488 g/mol. The van der Waals surface area contributed by atoms with Gasteiger partial charge >= 0.3 is 12.4 Å². The van der Waals surface area contributed by atoms with Gasteiger partial charge in [0.05, 0.1) is 27.4 Å². The Hall–Kier alpha value is -3.54. The lowest BCUT2D eigenvalue weighted by atomic mass is 10.1. The second kappa shape index (κ2) is 8.43. The standard InChI is InChI=1S/C21H14F6N2O3S/c22-20(23,24)14-5-2-7-16(11-14)29(17-8-3-6-15(12-17)21(25,26)27)33(31,32)18-9-1-4-13(10-18)19(28)30/h1-12H,(H2,28,30). The number of halogens is 6. The number of sulfonamides is 1. The monoisotopic (exact) mass is 488 g/mol. The lowest BCUT2D eigenvalue weighted by molar-refractivity contribution is -0.138. The minimum atomic E-state index is -4.84. The molecule has 0 radical (unpaired) electrons. The zero-order chi connectivity index (χ0) is 24.6. The second-order valence-electron chi connectivity index (χ2n) is 6.76. The summed E-state index contributed by atoms with van der Waals surface area (Å²) in [6.07, 6.45) is -9.68. The van der Waals surface area contributed by atoms with E-state index in [1.165, 1.54) is 12.1 Å². The summed E-state index contributed by atoms with van der Waals surface area (Å²) >= 11 is 0. The molecular weight excluding hydrogens is 474 g/mol. The maximum atomic E-state index is 13.4. The maximum Gasteiger partial charge on any atom is 0.416 e. The van der Waals surface area contributed by atoms with E-state index >= 15 is 0 Å². The third-order valence-corrected chi connectivity index (χ3v) is 6.22. The first kappa shape index (κ1) is 24.1. The van der Waals surface area contributed by atoms with E-state index in [9.17, 15) is 39.6 Å². The second-order valence-corrected chi connectivity index (χ2v) is 8.54. The van der Waals surface area contributed by atoms with Crippen LogP contribution in [0.5, 0.6) is 0 Å². The van der Waals surface area contributed by atoms with Crippen LogP contribution in [-0.4, -0.2) is 14.3 Å². The van der Waals surface area contributed by atoms with Crippen LogP contribution < -0.4 is 10.0 Å². The summed E-state index contributed by atoms with van der Waals surface area (Å²) in [6, 6.07) is 10.5. The first-order valence-electron chi connectivity index (χ1n) is 9.01. The van der Waals surface area contributed by atoms with Crippen molar-refractivity contribution in [1.82, 2.24) is 0 Å². The van der Waals surface area contributed by atoms with Crippen LogP contribution >= 0.6 is 0 Å². The Labute approximate surface area is 184 Å². The van der Waals surface area contributed by atoms with E-state index in [1.54, 1.807) is 0 Å². The van der Waals surface area contributed by atoms with Gasteiger partial charge in [0.2, 0.25) is 5.91 Å². The highest BCUT2D eigenvalue weighted by Crippen LogP contribution is 2.39. The van der Waals surface area contributed by atoms with Crippen LogP contribution in [0.15, 0.2) is 77.7 Å². The Kier molecular flexibility index (Phi) is 6.16. The molecule has 0 saturated carbocycles. The molecule has 0 saturated heterocycles. The molecule has 0 bridgehead atoms. The van der Waals surface area contributed by atoms with Gasteiger partial charge in [-0.25, -0.2) is 12.7 Å². The molecule has 0 aromatic heterocycles. The van der Waals surface area contributed by atoms with Crippen LogP contribution in [-0.2, 0) is 22.4 Å². The third kappa shape index (κ3) is 5.11. The predicted octanol–water partition coefficient (Wildman–Crippen LogP) is 5.35. The van der Waals surface area contributed by atoms with Crippen LogP contribution in [0.25, 0.3) is 0 Å². The van der Waals surface area contributed by atoms with Crippen LogP contribution in [0, 0.1) is 0 Å². The molecule has 0 unspecified atom stereocenters. The number of alkyl halides is 6. The van der Waals surface area contributed by atoms with Gasteiger partial charge in [0.15, 0.2) is 0 Å². The van der Waals surface area contributed by atoms with E-state index < -0.39 is 55.7 Å². The lowest BCUT2D eigenvalue weighted by Crippen LogP contribution is -2.27. The molecule has 3 aromatic rings. The highest BCUT2D eigenvalue weighted by Gasteiger charge is 2.35. The van der Waals surface area contributed by atoms with Gasteiger partial charge in [0.1, 0.15) is 0 Å². The number of amides is 1. The Morgan fingerprint density at radius 2 is 1.18 bits per heavy atom. The molecular formula is C21H14F6N2O3S. The summed E-state index contributed by atoms with van der Waals surface area (Å²) < 4.78 is 107. The van der Waals surface area contributed by atoms with Crippen LogP contribution in [0.1, 0.15) is 21.5 Å². The van der Waals surface area contributed by atoms with Gasteiger partial charge in [0.25, 0.3) is 10.0 Å². The number of primary amides is 1. The van der Waals surface area contributed by atoms with Gasteiger partial charge in [-0.05, 0) is 54.6 Å². The molecule has 0 atom stereocenters. The quantitative estimate of drug-likeness (QED) is 0.492. The highest BCUT2D eigenvalue weighted by atomic mass is 32.2. The van der Waals surface area contributed by atoms with E-state index in [2.05, 4.69) is 0 Å². The number of carbonyl (C=O) groups excluding carboxylic acids is 1. The van der Waals surface area contributed by atoms with Crippen LogP contribution in [0.3, 0.4) is 0 Å². The minimum absolute atomic E-state index is 0.218. The van der Waals surface area contributed by atoms with Crippen LogP contribution in [0.2, 0.25) is 0 Å². The molecule has 1 amide bonds. The average Bonchev–Trinajstić information content (AvgIpc) is 2.73. The van der Waals surface area contributed by atoms with Gasteiger partial charge in [-0.15, -0.1) is 0 Å². The van der Waals surface area contributed by atoms with Gasteiger partial charge in [0, 0.05) is 5.56 Å². The number of rotatable bonds is 5. The molecule has 0 heterocycles. The minimum Gasteiger partial charge on any atom is -0.366 e. The molecule has 33 heavy (non-hydrogen) atoms. The topological polar surface area (TPSA) is 80.5 Å². The van der Waals surface area contributed by atoms with Crippen molar-refractivity contribution >= 4 is 27.3 Å². The molecule has 174 valence electrons. The first-order chi connectivity index (χ1) is 15.2. The molecule has 0 aliphatic heterocycles. The SMILES string of the molecule is NC(=O)c1cccc(S(=O)(=O)N(c2cccc(C(F)(F)F)c2)c2cccc(C(F)(F)F)c2)c1. The van der Waals surface area contributed by atoms with Crippen LogP contribution in [0.4, 0.5) is 37.7 Å². The van der Waals surface area contributed by atoms with Gasteiger partial charge in [-0.2, -0.15) is 26.3 Å². The van der Waals surface area contributed by atoms with Crippen molar-refractivity contribution in [2.75, 3.05) is 4.31 Å². The molecule has 0 spiro atoms. The fraction of sp³-hybridized carbons (Fsp3) is 0.0952. The number of anilines is 2. The summed E-state index contributed by atoms with van der Waals surface area (Å²) in [7, 11) is -4.80. The number of hydrogen-bond donors (Lipinski definition) is 1. The normalized spacial score (nSPS) is 12.4. The highest BCUT2D eigenvalue weighted by molar-refractivity contribution is 7.93. The zero-order valence-electron chi connectivity index (χ0n) is 16.4. The number of nitrogens with two attached hydrogens (primary N) is 1. The molecule has 3 aromatic carbocycles. The summed E-state index contributed by atoms with van der Waals surface area (Å²) in [5.41, 5.74) is 1.40.